The Kier molecular flexibility index (Phi) is 4.22. The molecule has 0 aliphatic heterocycles. The molecule has 7 heteroatoms. The number of rotatable bonds is 3. The van der Waals surface area contributed by atoms with E-state index in [1.807, 2.05) is 53.4 Å². The van der Waals surface area contributed by atoms with Gasteiger partial charge in [-0.15, -0.1) is 11.3 Å². The van der Waals surface area contributed by atoms with Gasteiger partial charge in [-0.2, -0.15) is 4.99 Å². The lowest BCUT2D eigenvalue weighted by molar-refractivity contribution is 0.0999. The fraction of sp³-hybridized carbons (Fsp3) is 0.158. The number of benzene rings is 1. The molecule has 0 spiro atoms. The topological polar surface area (TPSA) is 73.3 Å². The number of thiazole rings is 1. The van der Waals surface area contributed by atoms with Crippen molar-refractivity contribution >= 4 is 28.3 Å². The number of carbonyl (C=O) groups excluding carboxylic acids is 1. The molecule has 130 valence electrons. The lowest BCUT2D eigenvalue weighted by atomic mass is 10.1. The van der Waals surface area contributed by atoms with Crippen LogP contribution >= 0.6 is 11.3 Å². The summed E-state index contributed by atoms with van der Waals surface area (Å²) < 4.78 is 7.16. The summed E-state index contributed by atoms with van der Waals surface area (Å²) >= 11 is 1.43. The van der Waals surface area contributed by atoms with Gasteiger partial charge in [0.25, 0.3) is 11.6 Å². The van der Waals surface area contributed by atoms with E-state index < -0.39 is 0 Å². The molecule has 0 saturated carbocycles. The molecule has 0 unspecified atom stereocenters. The molecule has 4 rings (SSSR count). The van der Waals surface area contributed by atoms with Crippen molar-refractivity contribution in [2.75, 3.05) is 0 Å². The molecule has 0 atom stereocenters. The lowest BCUT2D eigenvalue weighted by Crippen LogP contribution is -2.17. The first-order valence-electron chi connectivity index (χ1n) is 8.12. The maximum Gasteiger partial charge on any atom is 0.280 e. The molecule has 4 aromatic rings. The predicted molar refractivity (Wildman–Crippen MR) is 99.0 cm³/mol. The van der Waals surface area contributed by atoms with E-state index in [2.05, 4.69) is 15.1 Å². The maximum atomic E-state index is 12.9. The first kappa shape index (κ1) is 16.4. The number of nitrogens with zero attached hydrogens (tertiary/aromatic N) is 4. The summed E-state index contributed by atoms with van der Waals surface area (Å²) in [7, 11) is 0. The van der Waals surface area contributed by atoms with Gasteiger partial charge in [-0.1, -0.05) is 35.5 Å². The van der Waals surface area contributed by atoms with Crippen LogP contribution in [-0.4, -0.2) is 20.6 Å². The molecular weight excluding hydrogens is 348 g/mol. The summed E-state index contributed by atoms with van der Waals surface area (Å²) in [6.07, 6.45) is 1.93. The molecule has 0 fully saturated rings. The summed E-state index contributed by atoms with van der Waals surface area (Å²) in [5.74, 6) is -0.323. The Labute approximate surface area is 153 Å². The highest BCUT2D eigenvalue weighted by Gasteiger charge is 2.17. The highest BCUT2D eigenvalue weighted by atomic mass is 32.1. The SMILES string of the molecule is Cc1cc(C(=O)N=c2sccn2Cc2ccccc2)c2c(C)noc2n1. The Morgan fingerprint density at radius 2 is 2.08 bits per heavy atom. The zero-order chi connectivity index (χ0) is 18.1. The molecule has 3 aromatic heterocycles. The number of carbonyl (C=O) groups is 1. The Bertz CT molecular complexity index is 1160. The van der Waals surface area contributed by atoms with Gasteiger partial charge < -0.3 is 9.09 Å². The van der Waals surface area contributed by atoms with Crippen molar-refractivity contribution < 1.29 is 9.32 Å². The number of hydrogen-bond donors (Lipinski definition) is 0. The molecule has 3 heterocycles. The predicted octanol–water partition coefficient (Wildman–Crippen LogP) is 3.49. The number of aromatic nitrogens is 3. The third-order valence-electron chi connectivity index (χ3n) is 4.03. The van der Waals surface area contributed by atoms with Crippen LogP contribution in [0.4, 0.5) is 0 Å². The van der Waals surface area contributed by atoms with Gasteiger partial charge in [0.15, 0.2) is 4.80 Å². The second-order valence-corrected chi connectivity index (χ2v) is 6.85. The van der Waals surface area contributed by atoms with E-state index in [0.717, 1.165) is 5.56 Å². The molecule has 6 nitrogen and oxygen atoms in total. The number of pyridine rings is 1. The minimum Gasteiger partial charge on any atom is -0.336 e. The number of hydrogen-bond acceptors (Lipinski definition) is 5. The van der Waals surface area contributed by atoms with Gasteiger partial charge in [0.1, 0.15) is 0 Å². The van der Waals surface area contributed by atoms with Gasteiger partial charge in [0, 0.05) is 23.8 Å². The van der Waals surface area contributed by atoms with Gasteiger partial charge in [-0.25, -0.2) is 4.98 Å². The van der Waals surface area contributed by atoms with Crippen LogP contribution < -0.4 is 4.80 Å². The molecule has 1 amide bonds. The van der Waals surface area contributed by atoms with Crippen LogP contribution in [0.1, 0.15) is 27.3 Å². The molecule has 0 saturated heterocycles. The second kappa shape index (κ2) is 6.68. The van der Waals surface area contributed by atoms with Crippen LogP contribution in [0, 0.1) is 13.8 Å². The van der Waals surface area contributed by atoms with Crippen LogP contribution in [0.2, 0.25) is 0 Å². The highest BCUT2D eigenvalue weighted by Crippen LogP contribution is 2.22. The average molecular weight is 364 g/mol. The first-order chi connectivity index (χ1) is 12.6. The van der Waals surface area contributed by atoms with E-state index in [9.17, 15) is 4.79 Å². The molecule has 1 aromatic carbocycles. The number of amides is 1. The van der Waals surface area contributed by atoms with E-state index in [4.69, 9.17) is 4.52 Å². The quantitative estimate of drug-likeness (QED) is 0.558. The molecule has 0 aliphatic rings. The van der Waals surface area contributed by atoms with E-state index in [1.165, 1.54) is 11.3 Å². The highest BCUT2D eigenvalue weighted by molar-refractivity contribution is 7.07. The van der Waals surface area contributed by atoms with Crippen LogP contribution in [0.15, 0.2) is 57.5 Å². The minimum atomic E-state index is -0.323. The number of aryl methyl sites for hydroxylation is 2. The van der Waals surface area contributed by atoms with Gasteiger partial charge in [-0.3, -0.25) is 4.79 Å². The normalized spacial score (nSPS) is 12.0. The zero-order valence-electron chi connectivity index (χ0n) is 14.3. The van der Waals surface area contributed by atoms with Crippen molar-refractivity contribution in [2.45, 2.75) is 20.4 Å². The summed E-state index contributed by atoms with van der Waals surface area (Å²) in [5, 5.41) is 6.46. The first-order valence-corrected chi connectivity index (χ1v) is 9.00. The third kappa shape index (κ3) is 3.09. The van der Waals surface area contributed by atoms with E-state index in [1.54, 1.807) is 13.0 Å². The van der Waals surface area contributed by atoms with E-state index in [-0.39, 0.29) is 5.91 Å². The van der Waals surface area contributed by atoms with E-state index in [0.29, 0.717) is 39.4 Å². The van der Waals surface area contributed by atoms with Gasteiger partial charge >= 0.3 is 0 Å². The Hall–Kier alpha value is -3.06. The van der Waals surface area contributed by atoms with Crippen LogP contribution in [0.3, 0.4) is 0 Å². The van der Waals surface area contributed by atoms with E-state index >= 15 is 0 Å². The van der Waals surface area contributed by atoms with Crippen molar-refractivity contribution in [3.63, 3.8) is 0 Å². The lowest BCUT2D eigenvalue weighted by Gasteiger charge is -2.03. The van der Waals surface area contributed by atoms with Gasteiger partial charge in [0.2, 0.25) is 0 Å². The molecule has 26 heavy (non-hydrogen) atoms. The van der Waals surface area contributed by atoms with Crippen LogP contribution in [0.5, 0.6) is 0 Å². The Balaban J connectivity index is 1.75. The van der Waals surface area contributed by atoms with Crippen molar-refractivity contribution in [3.8, 4) is 0 Å². The molecule has 0 radical (unpaired) electrons. The Morgan fingerprint density at radius 1 is 1.27 bits per heavy atom. The zero-order valence-corrected chi connectivity index (χ0v) is 15.2. The minimum absolute atomic E-state index is 0.323. The van der Waals surface area contributed by atoms with Crippen LogP contribution in [-0.2, 0) is 6.54 Å². The van der Waals surface area contributed by atoms with Gasteiger partial charge in [-0.05, 0) is 25.5 Å². The average Bonchev–Trinajstić information content (AvgIpc) is 3.22. The fourth-order valence-electron chi connectivity index (χ4n) is 2.82. The summed E-state index contributed by atoms with van der Waals surface area (Å²) in [6, 6.07) is 11.8. The molecule has 0 N–H and O–H groups in total. The summed E-state index contributed by atoms with van der Waals surface area (Å²) in [4.78, 5) is 22.1. The second-order valence-electron chi connectivity index (χ2n) is 5.98. The van der Waals surface area contributed by atoms with Crippen molar-refractivity contribution in [1.29, 1.82) is 0 Å². The molecule has 0 bridgehead atoms. The monoisotopic (exact) mass is 364 g/mol. The largest absolute Gasteiger partial charge is 0.336 e. The summed E-state index contributed by atoms with van der Waals surface area (Å²) in [6.45, 7) is 4.27. The molecular formula is C19H16N4O2S. The van der Waals surface area contributed by atoms with Crippen molar-refractivity contribution in [3.05, 3.63) is 75.3 Å². The molecule has 0 aliphatic carbocycles. The van der Waals surface area contributed by atoms with Crippen LogP contribution in [0.25, 0.3) is 11.1 Å². The third-order valence-corrected chi connectivity index (χ3v) is 4.82. The standard InChI is InChI=1S/C19H16N4O2S/c1-12-10-15(16-13(2)22-25-18(16)20-12)17(24)21-19-23(8-9-26-19)11-14-6-4-3-5-7-14/h3-10H,11H2,1-2H3. The van der Waals surface area contributed by atoms with Crippen molar-refractivity contribution in [2.24, 2.45) is 4.99 Å². The van der Waals surface area contributed by atoms with Gasteiger partial charge in [0.05, 0.1) is 16.6 Å². The fourth-order valence-corrected chi connectivity index (χ4v) is 3.55. The summed E-state index contributed by atoms with van der Waals surface area (Å²) in [5.41, 5.74) is 3.30. The van der Waals surface area contributed by atoms with Crippen molar-refractivity contribution in [1.82, 2.24) is 14.7 Å². The number of fused-ring (bicyclic) bond motifs is 1. The Morgan fingerprint density at radius 3 is 2.88 bits per heavy atom. The smallest absolute Gasteiger partial charge is 0.280 e. The maximum absolute atomic E-state index is 12.9.